The molecule has 2 aromatic rings. The fourth-order valence-corrected chi connectivity index (χ4v) is 2.91. The van der Waals surface area contributed by atoms with E-state index in [0.29, 0.717) is 26.3 Å². The first kappa shape index (κ1) is 14.5. The van der Waals surface area contributed by atoms with E-state index in [1.807, 2.05) is 0 Å². The second-order valence-corrected chi connectivity index (χ2v) is 6.08. The predicted molar refractivity (Wildman–Crippen MR) is 87.1 cm³/mol. The van der Waals surface area contributed by atoms with E-state index in [9.17, 15) is 14.9 Å². The summed E-state index contributed by atoms with van der Waals surface area (Å²) >= 11 is 6.08. The van der Waals surface area contributed by atoms with Gasteiger partial charge in [0.05, 0.1) is 9.83 Å². The summed E-state index contributed by atoms with van der Waals surface area (Å²) in [6.45, 7) is 0. The molecule has 1 fully saturated rings. The van der Waals surface area contributed by atoms with Crippen LogP contribution in [-0.2, 0) is 4.79 Å². The van der Waals surface area contributed by atoms with Crippen molar-refractivity contribution in [2.75, 3.05) is 0 Å². The van der Waals surface area contributed by atoms with Gasteiger partial charge in [0.25, 0.3) is 11.6 Å². The van der Waals surface area contributed by atoms with Gasteiger partial charge in [0.15, 0.2) is 0 Å². The number of hydrogen-bond donors (Lipinski definition) is 1. The van der Waals surface area contributed by atoms with E-state index in [0.717, 1.165) is 0 Å². The molecule has 0 radical (unpaired) electrons. The van der Waals surface area contributed by atoms with Crippen LogP contribution in [0.3, 0.4) is 0 Å². The van der Waals surface area contributed by atoms with E-state index < -0.39 is 4.92 Å². The Hall–Kier alpha value is -2.45. The maximum absolute atomic E-state index is 11.6. The van der Waals surface area contributed by atoms with Crippen LogP contribution in [0.2, 0.25) is 0 Å². The third-order valence-corrected chi connectivity index (χ3v) is 4.07. The Labute approximate surface area is 134 Å². The van der Waals surface area contributed by atoms with Crippen molar-refractivity contribution in [3.8, 4) is 11.3 Å². The Morgan fingerprint density at radius 2 is 1.95 bits per heavy atom. The van der Waals surface area contributed by atoms with Crippen LogP contribution in [-0.4, -0.2) is 15.2 Å². The number of nitrogens with one attached hydrogen (secondary N) is 1. The molecule has 2 heterocycles. The van der Waals surface area contributed by atoms with Gasteiger partial charge in [-0.05, 0) is 24.3 Å². The molecule has 0 bridgehead atoms. The van der Waals surface area contributed by atoms with E-state index in [4.69, 9.17) is 16.6 Å². The lowest BCUT2D eigenvalue weighted by Crippen LogP contribution is -2.17. The van der Waals surface area contributed by atoms with Crippen molar-refractivity contribution in [3.05, 3.63) is 57.2 Å². The molecule has 1 N–H and O–H groups in total. The first-order valence-corrected chi connectivity index (χ1v) is 7.35. The fraction of sp³-hybridized carbons (Fsp3) is 0. The second-order valence-electron chi connectivity index (χ2n) is 4.36. The smallest absolute Gasteiger partial charge is 0.269 e. The van der Waals surface area contributed by atoms with Crippen molar-refractivity contribution in [1.29, 1.82) is 0 Å². The Morgan fingerprint density at radius 1 is 1.23 bits per heavy atom. The molecule has 0 saturated carbocycles. The van der Waals surface area contributed by atoms with Gasteiger partial charge >= 0.3 is 0 Å². The van der Waals surface area contributed by atoms with Crippen molar-refractivity contribution in [3.63, 3.8) is 0 Å². The summed E-state index contributed by atoms with van der Waals surface area (Å²) in [5.41, 5.74) is 0.736. The monoisotopic (exact) mass is 332 g/mol. The molecule has 1 saturated heterocycles. The Kier molecular flexibility index (Phi) is 3.78. The molecule has 1 aliphatic rings. The highest BCUT2D eigenvalue weighted by Crippen LogP contribution is 2.29. The number of rotatable bonds is 3. The summed E-state index contributed by atoms with van der Waals surface area (Å²) in [6, 6.07) is 9.51. The number of thiocarbonyl (C=S) groups is 1. The van der Waals surface area contributed by atoms with Crippen molar-refractivity contribution in [2.24, 2.45) is 0 Å². The first-order valence-electron chi connectivity index (χ1n) is 6.12. The lowest BCUT2D eigenvalue weighted by atomic mass is 10.1. The van der Waals surface area contributed by atoms with Gasteiger partial charge in [0.2, 0.25) is 0 Å². The summed E-state index contributed by atoms with van der Waals surface area (Å²) in [4.78, 5) is 22.2. The minimum absolute atomic E-state index is 0.0187. The van der Waals surface area contributed by atoms with Crippen LogP contribution in [0.4, 0.5) is 5.69 Å². The number of thioether (sulfide) groups is 1. The molecule has 1 aromatic carbocycles. The van der Waals surface area contributed by atoms with Crippen LogP contribution >= 0.6 is 24.0 Å². The van der Waals surface area contributed by atoms with E-state index >= 15 is 0 Å². The highest BCUT2D eigenvalue weighted by molar-refractivity contribution is 8.26. The number of nitro groups is 1. The molecule has 0 unspecified atom stereocenters. The Balaban J connectivity index is 1.85. The van der Waals surface area contributed by atoms with Gasteiger partial charge in [0.1, 0.15) is 15.8 Å². The lowest BCUT2D eigenvalue weighted by Gasteiger charge is -1.96. The molecule has 0 spiro atoms. The number of hydrogen-bond acceptors (Lipinski definition) is 6. The number of amides is 1. The SMILES string of the molecule is O=C1NC(=S)S/C1=C/c1ccc(-c2ccc([N+](=O)[O-])cc2)o1. The predicted octanol–water partition coefficient (Wildman–Crippen LogP) is 3.34. The van der Waals surface area contributed by atoms with Crippen molar-refractivity contribution in [1.82, 2.24) is 5.32 Å². The number of carbonyl (C=O) groups excluding carboxylic acids is 1. The summed E-state index contributed by atoms with van der Waals surface area (Å²) < 4.78 is 6.05. The van der Waals surface area contributed by atoms with Gasteiger partial charge in [-0.3, -0.25) is 14.9 Å². The minimum Gasteiger partial charge on any atom is -0.457 e. The number of furan rings is 1. The maximum Gasteiger partial charge on any atom is 0.269 e. The molecule has 8 heteroatoms. The lowest BCUT2D eigenvalue weighted by molar-refractivity contribution is -0.384. The highest BCUT2D eigenvalue weighted by atomic mass is 32.2. The Morgan fingerprint density at radius 3 is 2.55 bits per heavy atom. The van der Waals surface area contributed by atoms with Crippen molar-refractivity contribution < 1.29 is 14.1 Å². The number of nitrogens with zero attached hydrogens (tertiary/aromatic N) is 1. The number of non-ortho nitro benzene ring substituents is 1. The van der Waals surface area contributed by atoms with Crippen LogP contribution < -0.4 is 5.32 Å². The standard InChI is InChI=1S/C14H8N2O4S2/c17-13-12(22-14(21)15-13)7-10-5-6-11(20-10)8-1-3-9(4-2-8)16(18)19/h1-7H,(H,15,17,21)/b12-7+. The molecule has 0 atom stereocenters. The van der Waals surface area contributed by atoms with Gasteiger partial charge in [-0.25, -0.2) is 0 Å². The summed E-state index contributed by atoms with van der Waals surface area (Å²) in [6.07, 6.45) is 1.61. The molecule has 1 aromatic heterocycles. The normalized spacial score (nSPS) is 16.1. The molecule has 3 rings (SSSR count). The van der Waals surface area contributed by atoms with Crippen molar-refractivity contribution >= 4 is 46.0 Å². The molecule has 22 heavy (non-hydrogen) atoms. The third-order valence-electron chi connectivity index (χ3n) is 2.90. The molecule has 1 amide bonds. The summed E-state index contributed by atoms with van der Waals surface area (Å²) in [7, 11) is 0. The zero-order valence-corrected chi connectivity index (χ0v) is 12.6. The van der Waals surface area contributed by atoms with Crippen LogP contribution in [0.15, 0.2) is 45.7 Å². The topological polar surface area (TPSA) is 85.4 Å². The van der Waals surface area contributed by atoms with E-state index in [1.165, 1.54) is 23.9 Å². The zero-order valence-electron chi connectivity index (χ0n) is 10.9. The highest BCUT2D eigenvalue weighted by Gasteiger charge is 2.22. The van der Waals surface area contributed by atoms with Crippen LogP contribution in [0.25, 0.3) is 17.4 Å². The largest absolute Gasteiger partial charge is 0.457 e. The zero-order chi connectivity index (χ0) is 15.7. The molecule has 0 aliphatic carbocycles. The molecule has 6 nitrogen and oxygen atoms in total. The summed E-state index contributed by atoms with van der Waals surface area (Å²) in [5.74, 6) is 0.826. The molecule has 1 aliphatic heterocycles. The van der Waals surface area contributed by atoms with Gasteiger partial charge in [-0.15, -0.1) is 0 Å². The van der Waals surface area contributed by atoms with E-state index in [-0.39, 0.29) is 11.6 Å². The van der Waals surface area contributed by atoms with E-state index in [2.05, 4.69) is 5.32 Å². The molecular formula is C14H8N2O4S2. The number of benzene rings is 1. The maximum atomic E-state index is 11.6. The van der Waals surface area contributed by atoms with Crippen molar-refractivity contribution in [2.45, 2.75) is 0 Å². The van der Waals surface area contributed by atoms with Crippen LogP contribution in [0, 0.1) is 10.1 Å². The van der Waals surface area contributed by atoms with Gasteiger partial charge in [0, 0.05) is 23.8 Å². The second kappa shape index (κ2) is 5.74. The van der Waals surface area contributed by atoms with Gasteiger partial charge in [-0.2, -0.15) is 0 Å². The van der Waals surface area contributed by atoms with Gasteiger partial charge < -0.3 is 9.73 Å². The third kappa shape index (κ3) is 2.92. The van der Waals surface area contributed by atoms with E-state index in [1.54, 1.807) is 30.3 Å². The minimum atomic E-state index is -0.458. The fourth-order valence-electron chi connectivity index (χ4n) is 1.88. The van der Waals surface area contributed by atoms with Gasteiger partial charge in [-0.1, -0.05) is 24.0 Å². The molecular weight excluding hydrogens is 324 g/mol. The summed E-state index contributed by atoms with van der Waals surface area (Å²) in [5, 5.41) is 13.2. The quantitative estimate of drug-likeness (QED) is 0.401. The Bertz CT molecular complexity index is 809. The number of carbonyl (C=O) groups is 1. The average Bonchev–Trinajstić information content (AvgIpc) is 3.06. The first-order chi connectivity index (χ1) is 10.5. The number of nitro benzene ring substituents is 1. The molecule has 110 valence electrons. The average molecular weight is 332 g/mol. The van der Waals surface area contributed by atoms with Crippen LogP contribution in [0.5, 0.6) is 0 Å². The van der Waals surface area contributed by atoms with Crippen LogP contribution in [0.1, 0.15) is 5.76 Å².